The van der Waals surface area contributed by atoms with Gasteiger partial charge in [-0.2, -0.15) is 0 Å². The van der Waals surface area contributed by atoms with E-state index in [0.717, 1.165) is 31.0 Å². The number of ether oxygens (including phenoxy) is 3. The molecule has 0 bridgehead atoms. The Labute approximate surface area is 192 Å². The summed E-state index contributed by atoms with van der Waals surface area (Å²) < 4.78 is 17.4. The first kappa shape index (κ1) is 24.4. The maximum absolute atomic E-state index is 10.4. The van der Waals surface area contributed by atoms with Gasteiger partial charge >= 0.3 is 0 Å². The van der Waals surface area contributed by atoms with Crippen molar-refractivity contribution in [1.82, 2.24) is 9.80 Å². The van der Waals surface area contributed by atoms with Crippen molar-refractivity contribution in [3.8, 4) is 17.2 Å². The predicted molar refractivity (Wildman–Crippen MR) is 128 cm³/mol. The summed E-state index contributed by atoms with van der Waals surface area (Å²) in [6, 6.07) is 15.8. The Morgan fingerprint density at radius 2 is 1.72 bits per heavy atom. The number of aliphatic hydroxyl groups is 1. The fourth-order valence-corrected chi connectivity index (χ4v) is 4.03. The molecule has 0 aromatic heterocycles. The zero-order valence-electron chi connectivity index (χ0n) is 19.5. The van der Waals surface area contributed by atoms with Crippen LogP contribution >= 0.6 is 0 Å². The molecule has 1 atom stereocenters. The van der Waals surface area contributed by atoms with E-state index in [1.54, 1.807) is 0 Å². The first-order valence-electron chi connectivity index (χ1n) is 11.8. The molecule has 0 radical (unpaired) electrons. The molecule has 0 spiro atoms. The van der Waals surface area contributed by atoms with Gasteiger partial charge in [0.25, 0.3) is 0 Å². The van der Waals surface area contributed by atoms with E-state index in [2.05, 4.69) is 21.9 Å². The van der Waals surface area contributed by atoms with E-state index >= 15 is 0 Å². The van der Waals surface area contributed by atoms with Crippen molar-refractivity contribution in [2.75, 3.05) is 53.0 Å². The van der Waals surface area contributed by atoms with Crippen LogP contribution in [0.2, 0.25) is 0 Å². The third-order valence-electron chi connectivity index (χ3n) is 5.58. The molecule has 6 nitrogen and oxygen atoms in total. The second-order valence-corrected chi connectivity index (χ2v) is 8.44. The molecule has 2 aromatic carbocycles. The summed E-state index contributed by atoms with van der Waals surface area (Å²) in [5.41, 5.74) is 1.16. The summed E-state index contributed by atoms with van der Waals surface area (Å²) in [7, 11) is 2.00. The molecule has 0 aliphatic carbocycles. The molecule has 1 aliphatic rings. The Kier molecular flexibility index (Phi) is 10.1. The summed E-state index contributed by atoms with van der Waals surface area (Å²) in [5.74, 6) is 2.27. The average molecular weight is 443 g/mol. The zero-order chi connectivity index (χ0) is 22.6. The van der Waals surface area contributed by atoms with Gasteiger partial charge in [0.05, 0.1) is 6.61 Å². The van der Waals surface area contributed by atoms with Crippen LogP contribution in [-0.2, 0) is 6.54 Å². The Balaban J connectivity index is 1.40. The van der Waals surface area contributed by atoms with Crippen molar-refractivity contribution in [3.63, 3.8) is 0 Å². The van der Waals surface area contributed by atoms with Crippen LogP contribution in [0.4, 0.5) is 0 Å². The smallest absolute Gasteiger partial charge is 0.161 e. The number of hydrogen-bond acceptors (Lipinski definition) is 6. The van der Waals surface area contributed by atoms with E-state index < -0.39 is 6.10 Å². The lowest BCUT2D eigenvalue weighted by Crippen LogP contribution is -2.33. The Bertz CT molecular complexity index is 795. The summed E-state index contributed by atoms with van der Waals surface area (Å²) in [5, 5.41) is 10.4. The Morgan fingerprint density at radius 3 is 2.47 bits per heavy atom. The fourth-order valence-electron chi connectivity index (χ4n) is 4.03. The van der Waals surface area contributed by atoms with Gasteiger partial charge in [0.15, 0.2) is 11.5 Å². The number of piperidine rings is 1. The van der Waals surface area contributed by atoms with E-state index in [0.29, 0.717) is 24.7 Å². The van der Waals surface area contributed by atoms with E-state index in [1.165, 1.54) is 32.4 Å². The quantitative estimate of drug-likeness (QED) is 0.509. The van der Waals surface area contributed by atoms with Gasteiger partial charge in [-0.25, -0.2) is 0 Å². The van der Waals surface area contributed by atoms with Gasteiger partial charge in [0.1, 0.15) is 25.1 Å². The van der Waals surface area contributed by atoms with Crippen molar-refractivity contribution in [1.29, 1.82) is 0 Å². The number of para-hydroxylation sites is 2. The third kappa shape index (κ3) is 8.34. The van der Waals surface area contributed by atoms with Gasteiger partial charge in [-0.3, -0.25) is 9.80 Å². The lowest BCUT2D eigenvalue weighted by atomic mass is 10.1. The highest BCUT2D eigenvalue weighted by Gasteiger charge is 2.13. The van der Waals surface area contributed by atoms with Gasteiger partial charge < -0.3 is 19.3 Å². The minimum Gasteiger partial charge on any atom is -0.492 e. The summed E-state index contributed by atoms with van der Waals surface area (Å²) >= 11 is 0. The summed E-state index contributed by atoms with van der Waals surface area (Å²) in [4.78, 5) is 4.58. The molecule has 2 aromatic rings. The second-order valence-electron chi connectivity index (χ2n) is 8.44. The number of likely N-dealkylation sites (N-methyl/N-ethyl adjacent to an activating group) is 1. The second kappa shape index (κ2) is 13.3. The highest BCUT2D eigenvalue weighted by Crippen LogP contribution is 2.26. The fraction of sp³-hybridized carbons (Fsp3) is 0.538. The number of rotatable bonds is 13. The Morgan fingerprint density at radius 1 is 0.969 bits per heavy atom. The first-order valence-corrected chi connectivity index (χ1v) is 11.8. The van der Waals surface area contributed by atoms with Crippen molar-refractivity contribution in [3.05, 3.63) is 54.1 Å². The van der Waals surface area contributed by atoms with Gasteiger partial charge in [-0.1, -0.05) is 30.7 Å². The van der Waals surface area contributed by atoms with Crippen molar-refractivity contribution in [2.45, 2.75) is 38.8 Å². The molecule has 176 valence electrons. The van der Waals surface area contributed by atoms with Crippen LogP contribution in [0.25, 0.3) is 0 Å². The standard InChI is InChI=1S/C26H38N2O4/c1-3-30-25-12-5-6-13-26(25)32-21-23(29)20-27(2)19-22-10-9-11-24(18-22)31-17-16-28-14-7-4-8-15-28/h5-6,9-13,18,23,29H,3-4,7-8,14-17,19-21H2,1-2H3. The average Bonchev–Trinajstić information content (AvgIpc) is 2.79. The maximum Gasteiger partial charge on any atom is 0.161 e. The lowest BCUT2D eigenvalue weighted by molar-refractivity contribution is 0.0730. The SMILES string of the molecule is CCOc1ccccc1OCC(O)CN(C)Cc1cccc(OCCN2CCCCC2)c1. The van der Waals surface area contributed by atoms with Crippen molar-refractivity contribution in [2.24, 2.45) is 0 Å². The Hall–Kier alpha value is -2.28. The molecular formula is C26H38N2O4. The molecule has 1 heterocycles. The van der Waals surface area contributed by atoms with E-state index in [1.807, 2.05) is 50.4 Å². The third-order valence-corrected chi connectivity index (χ3v) is 5.58. The molecule has 1 fully saturated rings. The van der Waals surface area contributed by atoms with Gasteiger partial charge in [-0.15, -0.1) is 0 Å². The molecule has 0 amide bonds. The van der Waals surface area contributed by atoms with E-state index in [4.69, 9.17) is 14.2 Å². The van der Waals surface area contributed by atoms with Crippen molar-refractivity contribution >= 4 is 0 Å². The largest absolute Gasteiger partial charge is 0.492 e. The van der Waals surface area contributed by atoms with Gasteiger partial charge in [-0.05, 0) is 69.7 Å². The van der Waals surface area contributed by atoms with Crippen LogP contribution in [0.5, 0.6) is 17.2 Å². The number of aliphatic hydroxyl groups excluding tert-OH is 1. The molecule has 1 unspecified atom stereocenters. The first-order chi connectivity index (χ1) is 15.6. The van der Waals surface area contributed by atoms with E-state index in [9.17, 15) is 5.11 Å². The van der Waals surface area contributed by atoms with Gasteiger partial charge in [0, 0.05) is 19.6 Å². The number of likely N-dealkylation sites (tertiary alicyclic amines) is 1. The topological polar surface area (TPSA) is 54.4 Å². The molecule has 32 heavy (non-hydrogen) atoms. The molecule has 3 rings (SSSR count). The van der Waals surface area contributed by atoms with Crippen molar-refractivity contribution < 1.29 is 19.3 Å². The normalized spacial score (nSPS) is 15.5. The minimum absolute atomic E-state index is 0.216. The molecular weight excluding hydrogens is 404 g/mol. The number of nitrogens with zero attached hydrogens (tertiary/aromatic N) is 2. The summed E-state index contributed by atoms with van der Waals surface area (Å²) in [6.45, 7) is 8.07. The predicted octanol–water partition coefficient (Wildman–Crippen LogP) is 3.82. The lowest BCUT2D eigenvalue weighted by Gasteiger charge is -2.26. The monoisotopic (exact) mass is 442 g/mol. The van der Waals surface area contributed by atoms with Crippen LogP contribution < -0.4 is 14.2 Å². The molecule has 1 aliphatic heterocycles. The zero-order valence-corrected chi connectivity index (χ0v) is 19.5. The highest BCUT2D eigenvalue weighted by molar-refractivity contribution is 5.39. The van der Waals surface area contributed by atoms with Gasteiger partial charge in [0.2, 0.25) is 0 Å². The molecule has 1 saturated heterocycles. The number of hydrogen-bond donors (Lipinski definition) is 1. The van der Waals surface area contributed by atoms with Crippen LogP contribution in [-0.4, -0.2) is 74.1 Å². The van der Waals surface area contributed by atoms with Crippen LogP contribution in [0.15, 0.2) is 48.5 Å². The minimum atomic E-state index is -0.598. The molecule has 0 saturated carbocycles. The van der Waals surface area contributed by atoms with Crippen LogP contribution in [0.3, 0.4) is 0 Å². The maximum atomic E-state index is 10.4. The molecule has 1 N–H and O–H groups in total. The van der Waals surface area contributed by atoms with E-state index in [-0.39, 0.29) is 6.61 Å². The highest BCUT2D eigenvalue weighted by atomic mass is 16.5. The number of benzene rings is 2. The van der Waals surface area contributed by atoms with Crippen LogP contribution in [0.1, 0.15) is 31.7 Å². The summed E-state index contributed by atoms with van der Waals surface area (Å²) in [6.07, 6.45) is 3.36. The molecule has 6 heteroatoms. The van der Waals surface area contributed by atoms with Crippen LogP contribution in [0, 0.1) is 0 Å².